The maximum atomic E-state index is 12.9. The van der Waals surface area contributed by atoms with Crippen LogP contribution < -0.4 is 5.32 Å². The third-order valence-corrected chi connectivity index (χ3v) is 4.98. The zero-order valence-corrected chi connectivity index (χ0v) is 16.7. The normalized spacial score (nSPS) is 11.6. The van der Waals surface area contributed by atoms with Gasteiger partial charge in [-0.3, -0.25) is 9.48 Å². The predicted molar refractivity (Wildman–Crippen MR) is 106 cm³/mol. The third kappa shape index (κ3) is 4.50. The van der Waals surface area contributed by atoms with Crippen molar-refractivity contribution in [2.75, 3.05) is 5.32 Å². The van der Waals surface area contributed by atoms with Crippen LogP contribution in [0, 0.1) is 27.7 Å². The number of aryl methyl sites for hydroxylation is 3. The monoisotopic (exact) mass is 401 g/mol. The van der Waals surface area contributed by atoms with Crippen LogP contribution in [0.5, 0.6) is 0 Å². The van der Waals surface area contributed by atoms with E-state index in [1.165, 1.54) is 6.07 Å². The van der Waals surface area contributed by atoms with E-state index in [0.717, 1.165) is 23.3 Å². The summed E-state index contributed by atoms with van der Waals surface area (Å²) in [5.74, 6) is -0.252. The van der Waals surface area contributed by atoms with Crippen LogP contribution >= 0.6 is 0 Å². The Labute approximate surface area is 167 Å². The maximum Gasteiger partial charge on any atom is 0.416 e. The van der Waals surface area contributed by atoms with Gasteiger partial charge in [0.2, 0.25) is 0 Å². The number of aromatic nitrogens is 2. The summed E-state index contributed by atoms with van der Waals surface area (Å²) in [4.78, 5) is 12.6. The first-order valence-corrected chi connectivity index (χ1v) is 9.15. The minimum absolute atomic E-state index is 0.177. The van der Waals surface area contributed by atoms with Gasteiger partial charge >= 0.3 is 6.18 Å². The average Bonchev–Trinajstić information content (AvgIpc) is 2.91. The molecule has 0 unspecified atom stereocenters. The Morgan fingerprint density at radius 1 is 1.03 bits per heavy atom. The third-order valence-electron chi connectivity index (χ3n) is 4.98. The second-order valence-electron chi connectivity index (χ2n) is 7.15. The summed E-state index contributed by atoms with van der Waals surface area (Å²) in [6, 6.07) is 10.6. The molecule has 1 heterocycles. The second-order valence-corrected chi connectivity index (χ2v) is 7.15. The summed E-state index contributed by atoms with van der Waals surface area (Å²) in [6.07, 6.45) is -4.39. The molecule has 29 heavy (non-hydrogen) atoms. The van der Waals surface area contributed by atoms with Crippen molar-refractivity contribution in [2.45, 2.75) is 40.4 Å². The zero-order valence-electron chi connectivity index (χ0n) is 16.7. The van der Waals surface area contributed by atoms with Gasteiger partial charge in [-0.1, -0.05) is 18.2 Å². The molecule has 0 aliphatic heterocycles. The maximum absolute atomic E-state index is 12.9. The van der Waals surface area contributed by atoms with Crippen molar-refractivity contribution in [1.29, 1.82) is 0 Å². The molecule has 0 aliphatic carbocycles. The number of anilines is 1. The average molecular weight is 401 g/mol. The van der Waals surface area contributed by atoms with Gasteiger partial charge in [0.1, 0.15) is 0 Å². The number of carbonyl (C=O) groups excluding carboxylic acids is 1. The van der Waals surface area contributed by atoms with Gasteiger partial charge in [0.25, 0.3) is 5.91 Å². The molecule has 0 saturated heterocycles. The van der Waals surface area contributed by atoms with E-state index in [1.54, 1.807) is 30.7 Å². The standard InChI is InChI=1S/C22H22F3N3O/c1-13-8-9-18(10-14(13)2)21(29)26-20-15(3)27-28(16(20)4)12-17-6-5-7-19(11-17)22(23,24)25/h5-11H,12H2,1-4H3,(H,26,29). The molecule has 3 rings (SSSR count). The van der Waals surface area contributed by atoms with Crippen molar-refractivity contribution in [3.05, 3.63) is 81.7 Å². The lowest BCUT2D eigenvalue weighted by Crippen LogP contribution is -2.14. The summed E-state index contributed by atoms with van der Waals surface area (Å²) in [5, 5.41) is 7.28. The first-order valence-electron chi connectivity index (χ1n) is 9.15. The van der Waals surface area contributed by atoms with E-state index in [1.807, 2.05) is 26.0 Å². The van der Waals surface area contributed by atoms with Gasteiger partial charge < -0.3 is 5.32 Å². The summed E-state index contributed by atoms with van der Waals surface area (Å²) >= 11 is 0. The van der Waals surface area contributed by atoms with Crippen molar-refractivity contribution in [3.8, 4) is 0 Å². The van der Waals surface area contributed by atoms with Gasteiger partial charge in [-0.15, -0.1) is 0 Å². The van der Waals surface area contributed by atoms with Crippen LogP contribution in [0.3, 0.4) is 0 Å². The highest BCUT2D eigenvalue weighted by Gasteiger charge is 2.30. The molecule has 152 valence electrons. The second kappa shape index (κ2) is 7.73. The Bertz CT molecular complexity index is 1070. The van der Waals surface area contributed by atoms with Crippen LogP contribution in [-0.4, -0.2) is 15.7 Å². The SMILES string of the molecule is Cc1ccc(C(=O)Nc2c(C)nn(Cc3cccc(C(F)(F)F)c3)c2C)cc1C. The number of amides is 1. The summed E-state index contributed by atoms with van der Waals surface area (Å²) in [7, 11) is 0. The summed E-state index contributed by atoms with van der Waals surface area (Å²) in [5.41, 5.74) is 4.30. The summed E-state index contributed by atoms with van der Waals surface area (Å²) in [6.45, 7) is 7.63. The van der Waals surface area contributed by atoms with Gasteiger partial charge in [-0.2, -0.15) is 18.3 Å². The lowest BCUT2D eigenvalue weighted by atomic mass is 10.1. The Kier molecular flexibility index (Phi) is 5.50. The van der Waals surface area contributed by atoms with Crippen LogP contribution in [0.1, 0.15) is 44.0 Å². The van der Waals surface area contributed by atoms with Crippen molar-refractivity contribution in [2.24, 2.45) is 0 Å². The molecule has 1 amide bonds. The fraction of sp³-hybridized carbons (Fsp3) is 0.273. The Balaban J connectivity index is 1.83. The van der Waals surface area contributed by atoms with Crippen LogP contribution in [-0.2, 0) is 12.7 Å². The number of benzene rings is 2. The van der Waals surface area contributed by atoms with Crippen LogP contribution in [0.25, 0.3) is 0 Å². The van der Waals surface area contributed by atoms with Gasteiger partial charge in [0.15, 0.2) is 0 Å². The molecule has 3 aromatic rings. The van der Waals surface area contributed by atoms with Crippen LogP contribution in [0.4, 0.5) is 18.9 Å². The molecule has 0 atom stereocenters. The first kappa shape index (κ1) is 20.6. The minimum Gasteiger partial charge on any atom is -0.319 e. The number of hydrogen-bond acceptors (Lipinski definition) is 2. The zero-order chi connectivity index (χ0) is 21.3. The Morgan fingerprint density at radius 2 is 1.76 bits per heavy atom. The van der Waals surface area contributed by atoms with Crippen molar-refractivity contribution >= 4 is 11.6 Å². The number of nitrogens with one attached hydrogen (secondary N) is 1. The molecule has 0 radical (unpaired) electrons. The van der Waals surface area contributed by atoms with Gasteiger partial charge in [-0.05, 0) is 68.7 Å². The van der Waals surface area contributed by atoms with E-state index < -0.39 is 11.7 Å². The van der Waals surface area contributed by atoms with E-state index in [4.69, 9.17) is 0 Å². The van der Waals surface area contributed by atoms with Crippen molar-refractivity contribution in [1.82, 2.24) is 9.78 Å². The molecule has 0 bridgehead atoms. The summed E-state index contributed by atoms with van der Waals surface area (Å²) < 4.78 is 40.4. The topological polar surface area (TPSA) is 46.9 Å². The largest absolute Gasteiger partial charge is 0.416 e. The fourth-order valence-electron chi connectivity index (χ4n) is 3.12. The molecular weight excluding hydrogens is 379 g/mol. The van der Waals surface area contributed by atoms with Crippen LogP contribution in [0.2, 0.25) is 0 Å². The Hall–Kier alpha value is -3.09. The quantitative estimate of drug-likeness (QED) is 0.633. The van der Waals surface area contributed by atoms with Gasteiger partial charge in [0.05, 0.1) is 29.2 Å². The number of carbonyl (C=O) groups is 1. The molecule has 0 saturated carbocycles. The van der Waals surface area contributed by atoms with E-state index in [2.05, 4.69) is 10.4 Å². The minimum atomic E-state index is -4.39. The molecular formula is C22H22F3N3O. The van der Waals surface area contributed by atoms with E-state index >= 15 is 0 Å². The van der Waals surface area contributed by atoms with E-state index in [9.17, 15) is 18.0 Å². The molecule has 0 fully saturated rings. The molecule has 7 heteroatoms. The number of alkyl halides is 3. The molecule has 4 nitrogen and oxygen atoms in total. The van der Waals surface area contributed by atoms with Crippen molar-refractivity contribution in [3.63, 3.8) is 0 Å². The lowest BCUT2D eigenvalue weighted by molar-refractivity contribution is -0.137. The number of halogens is 3. The molecule has 1 aromatic heterocycles. The smallest absolute Gasteiger partial charge is 0.319 e. The highest BCUT2D eigenvalue weighted by molar-refractivity contribution is 6.05. The van der Waals surface area contributed by atoms with E-state index in [0.29, 0.717) is 28.2 Å². The fourth-order valence-corrected chi connectivity index (χ4v) is 3.12. The highest BCUT2D eigenvalue weighted by Crippen LogP contribution is 2.30. The lowest BCUT2D eigenvalue weighted by Gasteiger charge is -2.10. The predicted octanol–water partition coefficient (Wildman–Crippen LogP) is 5.44. The highest BCUT2D eigenvalue weighted by atomic mass is 19.4. The van der Waals surface area contributed by atoms with Crippen molar-refractivity contribution < 1.29 is 18.0 Å². The molecule has 0 spiro atoms. The van der Waals surface area contributed by atoms with Crippen LogP contribution in [0.15, 0.2) is 42.5 Å². The number of hydrogen-bond donors (Lipinski definition) is 1. The van der Waals surface area contributed by atoms with Gasteiger partial charge in [0, 0.05) is 5.56 Å². The number of nitrogens with zero attached hydrogens (tertiary/aromatic N) is 2. The molecule has 1 N–H and O–H groups in total. The molecule has 2 aromatic carbocycles. The van der Waals surface area contributed by atoms with E-state index in [-0.39, 0.29) is 12.5 Å². The number of rotatable bonds is 4. The Morgan fingerprint density at radius 3 is 2.41 bits per heavy atom. The van der Waals surface area contributed by atoms with Gasteiger partial charge in [-0.25, -0.2) is 0 Å². The first-order chi connectivity index (χ1) is 13.6. The molecule has 0 aliphatic rings.